The first-order chi connectivity index (χ1) is 12.2. The van der Waals surface area contributed by atoms with Crippen molar-refractivity contribution in [1.29, 1.82) is 0 Å². The number of aromatic nitrogens is 3. The van der Waals surface area contributed by atoms with Crippen LogP contribution in [0.25, 0.3) is 0 Å². The Bertz CT molecular complexity index is 696. The largest absolute Gasteiger partial charge is 0.384 e. The molecule has 0 spiro atoms. The average Bonchev–Trinajstić information content (AvgIpc) is 3.26. The van der Waals surface area contributed by atoms with Gasteiger partial charge in [0.2, 0.25) is 0 Å². The number of carbonyl (C=O) groups excluding carboxylic acids is 1. The number of ether oxygens (including phenoxy) is 2. The van der Waals surface area contributed by atoms with Gasteiger partial charge in [-0.2, -0.15) is 4.98 Å². The number of carbonyl (C=O) groups is 1. The van der Waals surface area contributed by atoms with Crippen LogP contribution in [0, 0.1) is 0 Å². The Kier molecular flexibility index (Phi) is 5.83. The van der Waals surface area contributed by atoms with Crippen molar-refractivity contribution in [3.63, 3.8) is 0 Å². The quantitative estimate of drug-likeness (QED) is 0.752. The Labute approximate surface area is 146 Å². The van der Waals surface area contributed by atoms with Crippen LogP contribution >= 0.6 is 0 Å². The van der Waals surface area contributed by atoms with E-state index in [4.69, 9.17) is 14.0 Å². The minimum atomic E-state index is -0.0210. The van der Waals surface area contributed by atoms with E-state index in [1.165, 1.54) is 0 Å². The highest BCUT2D eigenvalue weighted by atomic mass is 16.5. The molecule has 1 aliphatic heterocycles. The minimum absolute atomic E-state index is 0.0210. The molecule has 1 amide bonds. The van der Waals surface area contributed by atoms with Crippen LogP contribution in [-0.4, -0.2) is 58.4 Å². The molecule has 0 saturated carbocycles. The summed E-state index contributed by atoms with van der Waals surface area (Å²) in [7, 11) is 3.51. The van der Waals surface area contributed by atoms with Gasteiger partial charge in [0.25, 0.3) is 11.8 Å². The summed E-state index contributed by atoms with van der Waals surface area (Å²) in [5, 5.41) is 3.89. The molecule has 8 nitrogen and oxygen atoms in total. The number of likely N-dealkylation sites (tertiary alicyclic amines) is 1. The molecule has 0 radical (unpaired) electrons. The van der Waals surface area contributed by atoms with Crippen molar-refractivity contribution >= 4 is 5.91 Å². The number of piperidine rings is 1. The van der Waals surface area contributed by atoms with Crippen LogP contribution in [0.1, 0.15) is 35.0 Å². The van der Waals surface area contributed by atoms with Crippen molar-refractivity contribution in [2.45, 2.75) is 32.0 Å². The van der Waals surface area contributed by atoms with Crippen LogP contribution in [0.5, 0.6) is 0 Å². The predicted molar refractivity (Wildman–Crippen MR) is 89.0 cm³/mol. The average molecular weight is 348 g/mol. The summed E-state index contributed by atoms with van der Waals surface area (Å²) in [5.74, 6) is 1.11. The molecule has 1 atom stereocenters. The first kappa shape index (κ1) is 17.6. The Hall–Kier alpha value is -2.19. The molecule has 0 aromatic carbocycles. The molecule has 1 aliphatic rings. The first-order valence-corrected chi connectivity index (χ1v) is 8.50. The van der Waals surface area contributed by atoms with Gasteiger partial charge in [-0.05, 0) is 25.0 Å². The molecular weight excluding hydrogens is 324 g/mol. The Morgan fingerprint density at radius 2 is 2.36 bits per heavy atom. The van der Waals surface area contributed by atoms with Crippen LogP contribution in [0.4, 0.5) is 0 Å². The molecular formula is C17H24N4O4. The summed E-state index contributed by atoms with van der Waals surface area (Å²) < 4.78 is 17.9. The van der Waals surface area contributed by atoms with Crippen LogP contribution in [0.3, 0.4) is 0 Å². The highest BCUT2D eigenvalue weighted by Crippen LogP contribution is 2.17. The second kappa shape index (κ2) is 8.26. The SMILES string of the molecule is COCCc1noc(COC2CCCN(C(=O)c3cccn3C)C2)n1. The van der Waals surface area contributed by atoms with Crippen molar-refractivity contribution < 1.29 is 18.8 Å². The Morgan fingerprint density at radius 1 is 1.48 bits per heavy atom. The molecule has 0 N–H and O–H groups in total. The highest BCUT2D eigenvalue weighted by Gasteiger charge is 2.26. The number of hydrogen-bond donors (Lipinski definition) is 0. The smallest absolute Gasteiger partial charge is 0.270 e. The lowest BCUT2D eigenvalue weighted by Gasteiger charge is -2.32. The van der Waals surface area contributed by atoms with Gasteiger partial charge in [0.1, 0.15) is 12.3 Å². The molecule has 25 heavy (non-hydrogen) atoms. The van der Waals surface area contributed by atoms with E-state index >= 15 is 0 Å². The number of amides is 1. The molecule has 8 heteroatoms. The second-order valence-corrected chi connectivity index (χ2v) is 6.18. The molecule has 136 valence electrons. The number of hydrogen-bond acceptors (Lipinski definition) is 6. The highest BCUT2D eigenvalue weighted by molar-refractivity contribution is 5.92. The molecule has 1 saturated heterocycles. The lowest BCUT2D eigenvalue weighted by molar-refractivity contribution is -0.0155. The third-order valence-corrected chi connectivity index (χ3v) is 4.31. The fourth-order valence-electron chi connectivity index (χ4n) is 2.94. The Balaban J connectivity index is 1.51. The molecule has 2 aromatic rings. The number of nitrogens with zero attached hydrogens (tertiary/aromatic N) is 4. The van der Waals surface area contributed by atoms with Gasteiger partial charge in [0, 0.05) is 39.9 Å². The van der Waals surface area contributed by atoms with Gasteiger partial charge in [-0.25, -0.2) is 0 Å². The summed E-state index contributed by atoms with van der Waals surface area (Å²) in [6, 6.07) is 3.72. The van der Waals surface area contributed by atoms with E-state index in [0.29, 0.717) is 37.0 Å². The van der Waals surface area contributed by atoms with E-state index in [9.17, 15) is 4.79 Å². The van der Waals surface area contributed by atoms with Gasteiger partial charge in [0.05, 0.1) is 12.7 Å². The summed E-state index contributed by atoms with van der Waals surface area (Å²) in [6.07, 6.45) is 4.31. The summed E-state index contributed by atoms with van der Waals surface area (Å²) in [5.41, 5.74) is 0.695. The van der Waals surface area contributed by atoms with E-state index in [1.807, 2.05) is 34.8 Å². The fourth-order valence-corrected chi connectivity index (χ4v) is 2.94. The van der Waals surface area contributed by atoms with Crippen molar-refractivity contribution in [1.82, 2.24) is 19.6 Å². The Morgan fingerprint density at radius 3 is 3.12 bits per heavy atom. The molecule has 1 fully saturated rings. The molecule has 1 unspecified atom stereocenters. The maximum Gasteiger partial charge on any atom is 0.270 e. The van der Waals surface area contributed by atoms with Gasteiger partial charge in [-0.1, -0.05) is 5.16 Å². The minimum Gasteiger partial charge on any atom is -0.384 e. The van der Waals surface area contributed by atoms with Crippen LogP contribution in [0.2, 0.25) is 0 Å². The number of rotatable bonds is 7. The predicted octanol–water partition coefficient (Wildman–Crippen LogP) is 1.42. The summed E-state index contributed by atoms with van der Waals surface area (Å²) >= 11 is 0. The number of aryl methyl sites for hydroxylation is 1. The lowest BCUT2D eigenvalue weighted by Crippen LogP contribution is -2.43. The van der Waals surface area contributed by atoms with E-state index in [1.54, 1.807) is 7.11 Å². The summed E-state index contributed by atoms with van der Waals surface area (Å²) in [4.78, 5) is 18.7. The maximum absolute atomic E-state index is 12.6. The lowest BCUT2D eigenvalue weighted by atomic mass is 10.1. The third-order valence-electron chi connectivity index (χ3n) is 4.31. The van der Waals surface area contributed by atoms with Crippen LogP contribution < -0.4 is 0 Å². The molecule has 3 rings (SSSR count). The summed E-state index contributed by atoms with van der Waals surface area (Å²) in [6.45, 7) is 2.15. The van der Waals surface area contributed by atoms with E-state index in [0.717, 1.165) is 19.4 Å². The van der Waals surface area contributed by atoms with Crippen LogP contribution in [-0.2, 0) is 29.5 Å². The van der Waals surface area contributed by atoms with E-state index in [-0.39, 0.29) is 18.6 Å². The van der Waals surface area contributed by atoms with Crippen molar-refractivity contribution in [3.05, 3.63) is 35.7 Å². The van der Waals surface area contributed by atoms with Gasteiger partial charge >= 0.3 is 0 Å². The van der Waals surface area contributed by atoms with E-state index < -0.39 is 0 Å². The zero-order valence-electron chi connectivity index (χ0n) is 14.7. The maximum atomic E-state index is 12.6. The first-order valence-electron chi connectivity index (χ1n) is 8.50. The fraction of sp³-hybridized carbons (Fsp3) is 0.588. The third kappa shape index (κ3) is 4.46. The van der Waals surface area contributed by atoms with Gasteiger partial charge in [-0.3, -0.25) is 4.79 Å². The van der Waals surface area contributed by atoms with Crippen LogP contribution in [0.15, 0.2) is 22.9 Å². The van der Waals surface area contributed by atoms with E-state index in [2.05, 4.69) is 10.1 Å². The standard InChI is InChI=1S/C17H24N4O4/c1-20-8-4-6-14(20)17(22)21-9-3-5-13(11-21)24-12-16-18-15(19-25-16)7-10-23-2/h4,6,8,13H,3,5,7,9-12H2,1-2H3. The van der Waals surface area contributed by atoms with Crippen molar-refractivity contribution in [2.75, 3.05) is 26.8 Å². The van der Waals surface area contributed by atoms with Gasteiger partial charge < -0.3 is 23.5 Å². The normalized spacial score (nSPS) is 17.8. The zero-order chi connectivity index (χ0) is 17.6. The molecule has 2 aromatic heterocycles. The van der Waals surface area contributed by atoms with Crippen molar-refractivity contribution in [2.24, 2.45) is 7.05 Å². The second-order valence-electron chi connectivity index (χ2n) is 6.18. The van der Waals surface area contributed by atoms with Gasteiger partial charge in [0.15, 0.2) is 5.82 Å². The topological polar surface area (TPSA) is 82.6 Å². The van der Waals surface area contributed by atoms with Gasteiger partial charge in [-0.15, -0.1) is 0 Å². The van der Waals surface area contributed by atoms with Crippen molar-refractivity contribution in [3.8, 4) is 0 Å². The molecule has 3 heterocycles. The molecule has 0 bridgehead atoms. The molecule has 0 aliphatic carbocycles. The number of methoxy groups -OCH3 is 1. The monoisotopic (exact) mass is 348 g/mol. The zero-order valence-corrected chi connectivity index (χ0v) is 14.7.